The van der Waals surface area contributed by atoms with Crippen molar-refractivity contribution < 1.29 is 14.3 Å². The lowest BCUT2D eigenvalue weighted by Gasteiger charge is -2.38. The molecule has 0 aliphatic carbocycles. The Hall–Kier alpha value is -4.20. The van der Waals surface area contributed by atoms with E-state index in [4.69, 9.17) is 4.74 Å². The molecule has 2 aliphatic rings. The molecule has 2 saturated heterocycles. The largest absolute Gasteiger partial charge is 0.495 e. The van der Waals surface area contributed by atoms with Gasteiger partial charge in [-0.05, 0) is 68.7 Å². The summed E-state index contributed by atoms with van der Waals surface area (Å²) >= 11 is 0. The van der Waals surface area contributed by atoms with Gasteiger partial charge < -0.3 is 30.1 Å². The summed E-state index contributed by atoms with van der Waals surface area (Å²) in [4.78, 5) is 33.0. The third-order valence-electron chi connectivity index (χ3n) is 7.55. The van der Waals surface area contributed by atoms with Crippen LogP contribution in [0.1, 0.15) is 34.3 Å². The van der Waals surface area contributed by atoms with E-state index in [1.54, 1.807) is 7.11 Å². The molecule has 204 valence electrons. The monoisotopic (exact) mass is 527 g/mol. The number of piperazine rings is 1. The third-order valence-corrected chi connectivity index (χ3v) is 7.55. The molecule has 8 nitrogen and oxygen atoms in total. The molecule has 3 aromatic rings. The first-order chi connectivity index (χ1) is 18.9. The summed E-state index contributed by atoms with van der Waals surface area (Å²) in [5.74, 6) is 0.887. The van der Waals surface area contributed by atoms with E-state index in [-0.39, 0.29) is 11.9 Å². The number of nitrogens with one attached hydrogen (secondary N) is 2. The number of hydrogen-bond donors (Lipinski definition) is 2. The predicted molar refractivity (Wildman–Crippen MR) is 158 cm³/mol. The van der Waals surface area contributed by atoms with E-state index in [1.807, 2.05) is 73.3 Å². The van der Waals surface area contributed by atoms with Crippen molar-refractivity contribution in [1.29, 1.82) is 0 Å². The number of carbonyl (C=O) groups is 2. The van der Waals surface area contributed by atoms with Crippen molar-refractivity contribution in [1.82, 2.24) is 4.90 Å². The standard InChI is InChI=1S/C31H37N5O3/c1-22-10-12-26(23(2)20-22)33-31(38)32-24-11-13-27(25(21-24)30(37)36-14-6-7-15-36)34-16-18-35(19-17-34)28-8-4-5-9-29(28)39-3/h4-5,8-13,20-21H,6-7,14-19H2,1-3H3,(H2,32,33,38). The molecule has 5 rings (SSSR count). The molecule has 8 heteroatoms. The number of amides is 3. The minimum absolute atomic E-state index is 0.0214. The van der Waals surface area contributed by atoms with Crippen molar-refractivity contribution in [2.45, 2.75) is 26.7 Å². The lowest BCUT2D eigenvalue weighted by Crippen LogP contribution is -2.47. The number of para-hydroxylation sites is 2. The Morgan fingerprint density at radius 3 is 2.15 bits per heavy atom. The molecule has 2 N–H and O–H groups in total. The quantitative estimate of drug-likeness (QED) is 0.442. The zero-order valence-electron chi connectivity index (χ0n) is 23.0. The lowest BCUT2D eigenvalue weighted by atomic mass is 10.1. The number of nitrogens with zero attached hydrogens (tertiary/aromatic N) is 3. The van der Waals surface area contributed by atoms with E-state index in [1.165, 1.54) is 0 Å². The van der Waals surface area contributed by atoms with Crippen molar-refractivity contribution in [3.05, 3.63) is 77.4 Å². The summed E-state index contributed by atoms with van der Waals surface area (Å²) in [7, 11) is 1.70. The first-order valence-electron chi connectivity index (χ1n) is 13.6. The van der Waals surface area contributed by atoms with E-state index in [0.717, 1.165) is 86.0 Å². The zero-order chi connectivity index (χ0) is 27.4. The van der Waals surface area contributed by atoms with Gasteiger partial charge in [-0.1, -0.05) is 29.8 Å². The lowest BCUT2D eigenvalue weighted by molar-refractivity contribution is 0.0793. The van der Waals surface area contributed by atoms with Crippen LogP contribution in [-0.2, 0) is 0 Å². The van der Waals surface area contributed by atoms with Crippen LogP contribution in [0.4, 0.5) is 27.5 Å². The highest BCUT2D eigenvalue weighted by atomic mass is 16.5. The van der Waals surface area contributed by atoms with Crippen molar-refractivity contribution >= 4 is 34.7 Å². The smallest absolute Gasteiger partial charge is 0.323 e. The second-order valence-corrected chi connectivity index (χ2v) is 10.3. The Balaban J connectivity index is 1.34. The molecular weight excluding hydrogens is 490 g/mol. The van der Waals surface area contributed by atoms with E-state index in [9.17, 15) is 9.59 Å². The highest BCUT2D eigenvalue weighted by Gasteiger charge is 2.27. The Kier molecular flexibility index (Phi) is 7.91. The number of ether oxygens (including phenoxy) is 1. The van der Waals surface area contributed by atoms with Gasteiger partial charge in [0.1, 0.15) is 5.75 Å². The molecule has 3 amide bonds. The number of methoxy groups -OCH3 is 1. The maximum atomic E-state index is 13.6. The van der Waals surface area contributed by atoms with Crippen molar-refractivity contribution in [2.24, 2.45) is 0 Å². The summed E-state index contributed by atoms with van der Waals surface area (Å²) in [6.45, 7) is 8.71. The summed E-state index contributed by atoms with van der Waals surface area (Å²) in [5, 5.41) is 5.85. The second kappa shape index (κ2) is 11.7. The van der Waals surface area contributed by atoms with Gasteiger partial charge in [0, 0.05) is 56.3 Å². The average Bonchev–Trinajstić information content (AvgIpc) is 3.49. The fraction of sp³-hybridized carbons (Fsp3) is 0.355. The Morgan fingerprint density at radius 2 is 1.46 bits per heavy atom. The van der Waals surface area contributed by atoms with Gasteiger partial charge in [-0.3, -0.25) is 4.79 Å². The van der Waals surface area contributed by atoms with Gasteiger partial charge in [-0.2, -0.15) is 0 Å². The zero-order valence-corrected chi connectivity index (χ0v) is 23.0. The molecule has 2 heterocycles. The maximum Gasteiger partial charge on any atom is 0.323 e. The molecule has 0 spiro atoms. The van der Waals surface area contributed by atoms with Crippen LogP contribution in [0.2, 0.25) is 0 Å². The Labute approximate surface area is 230 Å². The molecule has 3 aromatic carbocycles. The van der Waals surface area contributed by atoms with E-state index >= 15 is 0 Å². The number of rotatable bonds is 6. The number of carbonyl (C=O) groups excluding carboxylic acids is 2. The molecule has 0 radical (unpaired) electrons. The maximum absolute atomic E-state index is 13.6. The summed E-state index contributed by atoms with van der Waals surface area (Å²) < 4.78 is 5.57. The summed E-state index contributed by atoms with van der Waals surface area (Å²) in [5.41, 5.74) is 6.12. The predicted octanol–water partition coefficient (Wildman–Crippen LogP) is 5.52. The Bertz CT molecular complexity index is 1340. The number of hydrogen-bond acceptors (Lipinski definition) is 5. The van der Waals surface area contributed by atoms with Gasteiger partial charge in [-0.15, -0.1) is 0 Å². The van der Waals surface area contributed by atoms with Crippen LogP contribution in [-0.4, -0.2) is 63.2 Å². The topological polar surface area (TPSA) is 77.1 Å². The summed E-state index contributed by atoms with van der Waals surface area (Å²) in [6.07, 6.45) is 2.05. The van der Waals surface area contributed by atoms with Crippen LogP contribution >= 0.6 is 0 Å². The number of anilines is 4. The minimum atomic E-state index is -0.334. The van der Waals surface area contributed by atoms with Gasteiger partial charge in [0.2, 0.25) is 0 Å². The van der Waals surface area contributed by atoms with Crippen LogP contribution < -0.4 is 25.2 Å². The molecule has 0 aromatic heterocycles. The first kappa shape index (κ1) is 26.4. The molecular formula is C31H37N5O3. The Morgan fingerprint density at radius 1 is 0.769 bits per heavy atom. The molecule has 0 unspecified atom stereocenters. The van der Waals surface area contributed by atoms with E-state index in [0.29, 0.717) is 11.3 Å². The van der Waals surface area contributed by atoms with Gasteiger partial charge in [-0.25, -0.2) is 4.79 Å². The molecule has 0 bridgehead atoms. The number of likely N-dealkylation sites (tertiary alicyclic amines) is 1. The second-order valence-electron chi connectivity index (χ2n) is 10.3. The average molecular weight is 528 g/mol. The molecule has 0 saturated carbocycles. The van der Waals surface area contributed by atoms with Crippen LogP contribution in [0.15, 0.2) is 60.7 Å². The fourth-order valence-corrected chi connectivity index (χ4v) is 5.47. The highest BCUT2D eigenvalue weighted by molar-refractivity contribution is 6.04. The van der Waals surface area contributed by atoms with Crippen molar-refractivity contribution in [2.75, 3.05) is 66.8 Å². The summed E-state index contributed by atoms with van der Waals surface area (Å²) in [6, 6.07) is 19.3. The van der Waals surface area contributed by atoms with Gasteiger partial charge in [0.05, 0.1) is 18.4 Å². The van der Waals surface area contributed by atoms with E-state index < -0.39 is 0 Å². The molecule has 39 heavy (non-hydrogen) atoms. The van der Waals surface area contributed by atoms with Gasteiger partial charge in [0.15, 0.2) is 0 Å². The SMILES string of the molecule is COc1ccccc1N1CCN(c2ccc(NC(=O)Nc3ccc(C)cc3C)cc2C(=O)N2CCCC2)CC1. The third kappa shape index (κ3) is 5.95. The number of benzene rings is 3. The van der Waals surface area contributed by atoms with E-state index in [2.05, 4.69) is 26.5 Å². The first-order valence-corrected chi connectivity index (χ1v) is 13.6. The highest BCUT2D eigenvalue weighted by Crippen LogP contribution is 2.32. The van der Waals surface area contributed by atoms with Gasteiger partial charge >= 0.3 is 6.03 Å². The van der Waals surface area contributed by atoms with Crippen LogP contribution in [0.5, 0.6) is 5.75 Å². The van der Waals surface area contributed by atoms with Crippen LogP contribution in [0.3, 0.4) is 0 Å². The number of urea groups is 1. The van der Waals surface area contributed by atoms with Gasteiger partial charge in [0.25, 0.3) is 5.91 Å². The van der Waals surface area contributed by atoms with Crippen molar-refractivity contribution in [3.63, 3.8) is 0 Å². The molecule has 0 atom stereocenters. The fourth-order valence-electron chi connectivity index (χ4n) is 5.47. The number of aryl methyl sites for hydroxylation is 2. The minimum Gasteiger partial charge on any atom is -0.495 e. The van der Waals surface area contributed by atoms with Crippen molar-refractivity contribution in [3.8, 4) is 5.75 Å². The normalized spacial score (nSPS) is 15.3. The molecule has 2 aliphatic heterocycles. The van der Waals surface area contributed by atoms with Crippen LogP contribution in [0.25, 0.3) is 0 Å². The molecule has 2 fully saturated rings. The van der Waals surface area contributed by atoms with Crippen LogP contribution in [0, 0.1) is 13.8 Å².